The van der Waals surface area contributed by atoms with Crippen LogP contribution in [0.2, 0.25) is 0 Å². The van der Waals surface area contributed by atoms with Crippen LogP contribution in [0.25, 0.3) is 0 Å². The van der Waals surface area contributed by atoms with Crippen LogP contribution in [-0.4, -0.2) is 37.2 Å². The third-order valence-electron chi connectivity index (χ3n) is 2.28. The summed E-state index contributed by atoms with van der Waals surface area (Å²) < 4.78 is 4.91. The minimum absolute atomic E-state index is 0.0723. The maximum absolute atomic E-state index is 11.4. The normalized spacial score (nSPS) is 13.5. The first-order valence-corrected chi connectivity index (χ1v) is 5.37. The smallest absolute Gasteiger partial charge is 0.230 e. The number of nitrogens with one attached hydrogen (secondary N) is 1. The standard InChI is InChI=1S/C10H21N3O3/c1-8(9(11)13-15)10(14)12-6-4-3-5-7-16-2/h8,15H,3-7H2,1-2H3,(H2,11,13)(H,12,14). The molecule has 1 amide bonds. The van der Waals surface area contributed by atoms with Crippen molar-refractivity contribution in [1.29, 1.82) is 0 Å². The Morgan fingerprint density at radius 2 is 2.19 bits per heavy atom. The minimum Gasteiger partial charge on any atom is -0.409 e. The number of carbonyl (C=O) groups excluding carboxylic acids is 1. The molecule has 0 fully saturated rings. The van der Waals surface area contributed by atoms with Crippen molar-refractivity contribution < 1.29 is 14.7 Å². The molecule has 0 heterocycles. The number of carbonyl (C=O) groups is 1. The van der Waals surface area contributed by atoms with E-state index in [-0.39, 0.29) is 11.7 Å². The molecule has 0 spiro atoms. The third kappa shape index (κ3) is 6.23. The van der Waals surface area contributed by atoms with E-state index in [0.29, 0.717) is 6.54 Å². The van der Waals surface area contributed by atoms with Crippen molar-refractivity contribution in [1.82, 2.24) is 5.32 Å². The van der Waals surface area contributed by atoms with Gasteiger partial charge in [-0.15, -0.1) is 0 Å². The summed E-state index contributed by atoms with van der Waals surface area (Å²) in [5.41, 5.74) is 5.31. The Balaban J connectivity index is 3.58. The molecule has 0 bridgehead atoms. The molecule has 0 aromatic heterocycles. The van der Waals surface area contributed by atoms with Crippen molar-refractivity contribution in [3.05, 3.63) is 0 Å². The average Bonchev–Trinajstić information content (AvgIpc) is 2.31. The Morgan fingerprint density at radius 3 is 2.75 bits per heavy atom. The summed E-state index contributed by atoms with van der Waals surface area (Å²) in [6, 6.07) is 0. The molecule has 0 aliphatic heterocycles. The van der Waals surface area contributed by atoms with E-state index in [4.69, 9.17) is 15.7 Å². The third-order valence-corrected chi connectivity index (χ3v) is 2.28. The van der Waals surface area contributed by atoms with Gasteiger partial charge in [-0.25, -0.2) is 0 Å². The van der Waals surface area contributed by atoms with Gasteiger partial charge in [0.25, 0.3) is 0 Å². The van der Waals surface area contributed by atoms with Crippen LogP contribution in [0, 0.1) is 5.92 Å². The highest BCUT2D eigenvalue weighted by Gasteiger charge is 2.16. The molecule has 4 N–H and O–H groups in total. The minimum atomic E-state index is -0.594. The number of ether oxygens (including phenoxy) is 1. The average molecular weight is 231 g/mol. The highest BCUT2D eigenvalue weighted by molar-refractivity contribution is 6.01. The van der Waals surface area contributed by atoms with Gasteiger partial charge in [0, 0.05) is 20.3 Å². The molecular formula is C10H21N3O3. The van der Waals surface area contributed by atoms with Crippen molar-refractivity contribution >= 4 is 11.7 Å². The molecule has 0 aromatic carbocycles. The molecule has 0 saturated heterocycles. The number of amidine groups is 1. The van der Waals surface area contributed by atoms with E-state index >= 15 is 0 Å². The molecular weight excluding hydrogens is 210 g/mol. The van der Waals surface area contributed by atoms with Gasteiger partial charge in [-0.05, 0) is 26.2 Å². The van der Waals surface area contributed by atoms with Crippen molar-refractivity contribution in [2.75, 3.05) is 20.3 Å². The molecule has 0 aliphatic carbocycles. The zero-order valence-corrected chi connectivity index (χ0v) is 9.90. The van der Waals surface area contributed by atoms with Gasteiger partial charge in [-0.1, -0.05) is 5.16 Å². The van der Waals surface area contributed by atoms with Crippen LogP contribution in [0.1, 0.15) is 26.2 Å². The number of nitrogens with zero attached hydrogens (tertiary/aromatic N) is 1. The molecule has 0 rings (SSSR count). The summed E-state index contributed by atoms with van der Waals surface area (Å²) in [6.07, 6.45) is 2.90. The zero-order valence-electron chi connectivity index (χ0n) is 9.90. The second-order valence-corrected chi connectivity index (χ2v) is 3.59. The fourth-order valence-corrected chi connectivity index (χ4v) is 1.13. The fraction of sp³-hybridized carbons (Fsp3) is 0.800. The van der Waals surface area contributed by atoms with Gasteiger partial charge in [-0.2, -0.15) is 0 Å². The summed E-state index contributed by atoms with van der Waals surface area (Å²) in [6.45, 7) is 2.94. The van der Waals surface area contributed by atoms with Gasteiger partial charge >= 0.3 is 0 Å². The molecule has 0 radical (unpaired) electrons. The Morgan fingerprint density at radius 1 is 1.50 bits per heavy atom. The summed E-state index contributed by atoms with van der Waals surface area (Å²) in [7, 11) is 1.67. The van der Waals surface area contributed by atoms with Crippen LogP contribution in [0.3, 0.4) is 0 Å². The SMILES string of the molecule is COCCCCCNC(=O)C(C)C(N)=NO. The lowest BCUT2D eigenvalue weighted by Gasteiger charge is -2.10. The van der Waals surface area contributed by atoms with E-state index in [1.54, 1.807) is 14.0 Å². The van der Waals surface area contributed by atoms with Crippen molar-refractivity contribution in [3.8, 4) is 0 Å². The molecule has 6 heteroatoms. The highest BCUT2D eigenvalue weighted by Crippen LogP contribution is 1.97. The molecule has 1 unspecified atom stereocenters. The number of oxime groups is 1. The van der Waals surface area contributed by atoms with Crippen molar-refractivity contribution in [2.45, 2.75) is 26.2 Å². The number of hydrogen-bond donors (Lipinski definition) is 3. The second kappa shape index (κ2) is 8.96. The monoisotopic (exact) mass is 231 g/mol. The van der Waals surface area contributed by atoms with Crippen LogP contribution >= 0.6 is 0 Å². The largest absolute Gasteiger partial charge is 0.409 e. The van der Waals surface area contributed by atoms with E-state index in [2.05, 4.69) is 10.5 Å². The van der Waals surface area contributed by atoms with Gasteiger partial charge in [-0.3, -0.25) is 4.79 Å². The number of amides is 1. The van der Waals surface area contributed by atoms with E-state index in [1.807, 2.05) is 0 Å². The van der Waals surface area contributed by atoms with Gasteiger partial charge in [0.1, 0.15) is 0 Å². The number of hydrogen-bond acceptors (Lipinski definition) is 4. The lowest BCUT2D eigenvalue weighted by atomic mass is 10.1. The lowest BCUT2D eigenvalue weighted by Crippen LogP contribution is -2.37. The molecule has 94 valence electrons. The molecule has 0 aromatic rings. The van der Waals surface area contributed by atoms with Gasteiger partial charge in [0.2, 0.25) is 5.91 Å². The Labute approximate surface area is 95.8 Å². The van der Waals surface area contributed by atoms with Crippen LogP contribution in [0.4, 0.5) is 0 Å². The predicted molar refractivity (Wildman–Crippen MR) is 61.3 cm³/mol. The molecule has 0 saturated carbocycles. The molecule has 16 heavy (non-hydrogen) atoms. The maximum atomic E-state index is 11.4. The molecule has 0 aliphatic rings. The van der Waals surface area contributed by atoms with Crippen LogP contribution in [-0.2, 0) is 9.53 Å². The Bertz CT molecular complexity index is 231. The first kappa shape index (κ1) is 14.7. The second-order valence-electron chi connectivity index (χ2n) is 3.59. The summed E-state index contributed by atoms with van der Waals surface area (Å²) in [4.78, 5) is 11.4. The topological polar surface area (TPSA) is 96.9 Å². The number of methoxy groups -OCH3 is 1. The van der Waals surface area contributed by atoms with Crippen LogP contribution in [0.5, 0.6) is 0 Å². The molecule has 1 atom stereocenters. The highest BCUT2D eigenvalue weighted by atomic mass is 16.5. The fourth-order valence-electron chi connectivity index (χ4n) is 1.13. The van der Waals surface area contributed by atoms with Crippen molar-refractivity contribution in [2.24, 2.45) is 16.8 Å². The van der Waals surface area contributed by atoms with E-state index in [9.17, 15) is 4.79 Å². The predicted octanol–water partition coefficient (Wildman–Crippen LogP) is 0.302. The number of unbranched alkanes of at least 4 members (excludes halogenated alkanes) is 2. The zero-order chi connectivity index (χ0) is 12.4. The quantitative estimate of drug-likeness (QED) is 0.184. The van der Waals surface area contributed by atoms with E-state index < -0.39 is 5.92 Å². The lowest BCUT2D eigenvalue weighted by molar-refractivity contribution is -0.122. The van der Waals surface area contributed by atoms with E-state index in [1.165, 1.54) is 0 Å². The summed E-state index contributed by atoms with van der Waals surface area (Å²) in [5.74, 6) is -0.886. The Kier molecular flexibility index (Phi) is 8.24. The summed E-state index contributed by atoms with van der Waals surface area (Å²) >= 11 is 0. The number of rotatable bonds is 8. The van der Waals surface area contributed by atoms with E-state index in [0.717, 1.165) is 25.9 Å². The van der Waals surface area contributed by atoms with Crippen LogP contribution < -0.4 is 11.1 Å². The van der Waals surface area contributed by atoms with Gasteiger partial charge in [0.05, 0.1) is 5.92 Å². The summed E-state index contributed by atoms with van der Waals surface area (Å²) in [5, 5.41) is 13.9. The Hall–Kier alpha value is -1.30. The first-order chi connectivity index (χ1) is 7.63. The number of nitrogens with two attached hydrogens (primary N) is 1. The first-order valence-electron chi connectivity index (χ1n) is 5.37. The maximum Gasteiger partial charge on any atom is 0.230 e. The van der Waals surface area contributed by atoms with Crippen LogP contribution in [0.15, 0.2) is 5.16 Å². The molecule has 6 nitrogen and oxygen atoms in total. The van der Waals surface area contributed by atoms with Gasteiger partial charge in [0.15, 0.2) is 5.84 Å². The van der Waals surface area contributed by atoms with Gasteiger partial charge < -0.3 is 21.0 Å². The van der Waals surface area contributed by atoms with Crippen molar-refractivity contribution in [3.63, 3.8) is 0 Å².